The number of nitrogens with one attached hydrogen (secondary N) is 1. The van der Waals surface area contributed by atoms with E-state index in [9.17, 15) is 0 Å². The number of hydrogen-bond donors (Lipinski definition) is 1. The van der Waals surface area contributed by atoms with Crippen LogP contribution in [0.3, 0.4) is 0 Å². The number of nitrogens with zero attached hydrogens (tertiary/aromatic N) is 3. The Kier molecular flexibility index (Phi) is 3.38. The van der Waals surface area contributed by atoms with Gasteiger partial charge in [-0.05, 0) is 25.5 Å². The second kappa shape index (κ2) is 5.42. The number of anilines is 1. The second-order valence-electron chi connectivity index (χ2n) is 5.65. The molecular weight excluding hydrogens is 312 g/mol. The molecule has 1 N–H and O–H groups in total. The van der Waals surface area contributed by atoms with E-state index >= 15 is 0 Å². The number of hydrogen-bond acceptors (Lipinski definition) is 4. The van der Waals surface area contributed by atoms with Crippen LogP contribution in [0.25, 0.3) is 22.2 Å². The van der Waals surface area contributed by atoms with Gasteiger partial charge in [-0.3, -0.25) is 0 Å². The zero-order valence-corrected chi connectivity index (χ0v) is 13.8. The van der Waals surface area contributed by atoms with E-state index in [1.54, 1.807) is 7.11 Å². The van der Waals surface area contributed by atoms with E-state index in [4.69, 9.17) is 16.3 Å². The minimum absolute atomic E-state index is 0.602. The molecule has 2 aromatic heterocycles. The normalized spacial score (nSPS) is 13.7. The highest BCUT2D eigenvalue weighted by molar-refractivity contribution is 6.37. The molecule has 0 saturated carbocycles. The van der Waals surface area contributed by atoms with Crippen LogP contribution in [0.2, 0.25) is 5.02 Å². The largest absolute Gasteiger partial charge is 0.481 e. The molecule has 4 rings (SSSR count). The zero-order valence-electron chi connectivity index (χ0n) is 13.1. The summed E-state index contributed by atoms with van der Waals surface area (Å²) in [5.74, 6) is 1.50. The third-order valence-corrected chi connectivity index (χ3v) is 4.64. The molecule has 0 atom stereocenters. The van der Waals surface area contributed by atoms with Crippen LogP contribution < -0.4 is 10.1 Å². The molecule has 0 unspecified atom stereocenters. The lowest BCUT2D eigenvalue weighted by molar-refractivity contribution is 0.397. The summed E-state index contributed by atoms with van der Waals surface area (Å²) in [5, 5.41) is 4.00. The van der Waals surface area contributed by atoms with Crippen LogP contribution >= 0.6 is 11.6 Å². The van der Waals surface area contributed by atoms with Gasteiger partial charge in [0.15, 0.2) is 0 Å². The maximum Gasteiger partial charge on any atom is 0.213 e. The van der Waals surface area contributed by atoms with Crippen LogP contribution in [0.4, 0.5) is 5.95 Å². The average Bonchev–Trinajstić information content (AvgIpc) is 2.95. The van der Waals surface area contributed by atoms with Gasteiger partial charge in [0.25, 0.3) is 0 Å². The summed E-state index contributed by atoms with van der Waals surface area (Å²) in [7, 11) is 1.61. The maximum absolute atomic E-state index is 6.68. The summed E-state index contributed by atoms with van der Waals surface area (Å²) in [6, 6.07) is 7.97. The molecule has 23 heavy (non-hydrogen) atoms. The van der Waals surface area contributed by atoms with Crippen LogP contribution in [0.1, 0.15) is 12.1 Å². The third kappa shape index (κ3) is 2.23. The quantitative estimate of drug-likeness (QED) is 0.775. The average molecular weight is 329 g/mol. The van der Waals surface area contributed by atoms with Gasteiger partial charge < -0.3 is 14.6 Å². The van der Waals surface area contributed by atoms with Crippen molar-refractivity contribution in [2.24, 2.45) is 0 Å². The van der Waals surface area contributed by atoms with Crippen molar-refractivity contribution in [1.82, 2.24) is 14.5 Å². The van der Waals surface area contributed by atoms with Crippen LogP contribution in [-0.4, -0.2) is 28.2 Å². The van der Waals surface area contributed by atoms with Crippen molar-refractivity contribution in [3.8, 4) is 17.0 Å². The highest BCUT2D eigenvalue weighted by Crippen LogP contribution is 2.37. The number of benzene rings is 1. The van der Waals surface area contributed by atoms with Gasteiger partial charge in [-0.15, -0.1) is 0 Å². The lowest BCUT2D eigenvalue weighted by Gasteiger charge is -2.15. The highest BCUT2D eigenvalue weighted by atomic mass is 35.5. The fourth-order valence-corrected chi connectivity index (χ4v) is 3.41. The Balaban J connectivity index is 1.90. The minimum Gasteiger partial charge on any atom is -0.481 e. The third-order valence-electron chi connectivity index (χ3n) is 4.26. The molecule has 1 aliphatic rings. The summed E-state index contributed by atoms with van der Waals surface area (Å²) < 4.78 is 7.36. The molecule has 0 fully saturated rings. The van der Waals surface area contributed by atoms with Gasteiger partial charge in [-0.25, -0.2) is 9.97 Å². The standard InChI is InChI=1S/C17H17ClN4O/c1-10-11(5-7-14(20-10)23-2)12-4-6-13-16(15(12)18)21-17-19-8-3-9-22(13)17/h4-7H,3,8-9H2,1-2H3,(H,19,21). The summed E-state index contributed by atoms with van der Waals surface area (Å²) >= 11 is 6.68. The van der Waals surface area contributed by atoms with E-state index in [1.807, 2.05) is 25.1 Å². The molecule has 0 amide bonds. The molecule has 0 spiro atoms. The van der Waals surface area contributed by atoms with E-state index < -0.39 is 0 Å². The molecule has 0 radical (unpaired) electrons. The lowest BCUT2D eigenvalue weighted by Crippen LogP contribution is -2.16. The van der Waals surface area contributed by atoms with E-state index in [0.29, 0.717) is 10.9 Å². The van der Waals surface area contributed by atoms with Gasteiger partial charge in [-0.1, -0.05) is 17.7 Å². The van der Waals surface area contributed by atoms with Gasteiger partial charge >= 0.3 is 0 Å². The minimum atomic E-state index is 0.602. The molecule has 1 aromatic carbocycles. The maximum atomic E-state index is 6.68. The van der Waals surface area contributed by atoms with Gasteiger partial charge in [0.2, 0.25) is 11.8 Å². The SMILES string of the molecule is COc1ccc(-c2ccc3c(nc4n3CCCN4)c2Cl)c(C)n1. The fraction of sp³-hybridized carbons (Fsp3) is 0.294. The Morgan fingerprint density at radius 1 is 1.17 bits per heavy atom. The Hall–Kier alpha value is -2.27. The van der Waals surface area contributed by atoms with Crippen molar-refractivity contribution < 1.29 is 4.74 Å². The summed E-state index contributed by atoms with van der Waals surface area (Å²) in [6.45, 7) is 3.88. The Labute approximate surface area is 139 Å². The van der Waals surface area contributed by atoms with E-state index in [2.05, 4.69) is 25.9 Å². The predicted molar refractivity (Wildman–Crippen MR) is 92.4 cm³/mol. The van der Waals surface area contributed by atoms with Crippen molar-refractivity contribution in [2.45, 2.75) is 19.9 Å². The first-order chi connectivity index (χ1) is 11.2. The van der Waals surface area contributed by atoms with E-state index in [1.165, 1.54) is 0 Å². The monoisotopic (exact) mass is 328 g/mol. The molecule has 118 valence electrons. The van der Waals surface area contributed by atoms with Gasteiger partial charge in [0, 0.05) is 36.0 Å². The van der Waals surface area contributed by atoms with Gasteiger partial charge in [-0.2, -0.15) is 0 Å². The van der Waals surface area contributed by atoms with Crippen molar-refractivity contribution >= 4 is 28.6 Å². The lowest BCUT2D eigenvalue weighted by atomic mass is 10.0. The number of rotatable bonds is 2. The topological polar surface area (TPSA) is 52.0 Å². The van der Waals surface area contributed by atoms with Crippen molar-refractivity contribution in [2.75, 3.05) is 19.0 Å². The van der Waals surface area contributed by atoms with Crippen LogP contribution in [0, 0.1) is 6.92 Å². The van der Waals surface area contributed by atoms with Gasteiger partial charge in [0.05, 0.1) is 17.6 Å². The number of aromatic nitrogens is 3. The molecule has 5 nitrogen and oxygen atoms in total. The molecule has 0 saturated heterocycles. The van der Waals surface area contributed by atoms with Crippen molar-refractivity contribution in [3.63, 3.8) is 0 Å². The molecule has 3 aromatic rings. The smallest absolute Gasteiger partial charge is 0.213 e. The van der Waals surface area contributed by atoms with Crippen LogP contribution in [0.15, 0.2) is 24.3 Å². The molecular formula is C17H17ClN4O. The molecule has 3 heterocycles. The number of imidazole rings is 1. The molecule has 6 heteroatoms. The molecule has 0 bridgehead atoms. The summed E-state index contributed by atoms with van der Waals surface area (Å²) in [5.41, 5.74) is 4.73. The first kappa shape index (κ1) is 14.3. The Bertz CT molecular complexity index is 903. The number of aryl methyl sites for hydroxylation is 2. The predicted octanol–water partition coefficient (Wildman–Crippen LogP) is 3.88. The molecule has 0 aliphatic carbocycles. The second-order valence-corrected chi connectivity index (χ2v) is 6.03. The Morgan fingerprint density at radius 2 is 2.00 bits per heavy atom. The van der Waals surface area contributed by atoms with E-state index in [-0.39, 0.29) is 0 Å². The number of methoxy groups -OCH3 is 1. The molecule has 1 aliphatic heterocycles. The Morgan fingerprint density at radius 3 is 2.78 bits per heavy atom. The van der Waals surface area contributed by atoms with Crippen LogP contribution in [-0.2, 0) is 6.54 Å². The highest BCUT2D eigenvalue weighted by Gasteiger charge is 2.19. The number of fused-ring (bicyclic) bond motifs is 3. The number of halogens is 1. The van der Waals surface area contributed by atoms with E-state index in [0.717, 1.165) is 53.3 Å². The summed E-state index contributed by atoms with van der Waals surface area (Å²) in [4.78, 5) is 9.11. The number of ether oxygens (including phenoxy) is 1. The zero-order chi connectivity index (χ0) is 16.0. The first-order valence-corrected chi connectivity index (χ1v) is 8.01. The van der Waals surface area contributed by atoms with Crippen molar-refractivity contribution in [1.29, 1.82) is 0 Å². The van der Waals surface area contributed by atoms with Gasteiger partial charge in [0.1, 0.15) is 5.52 Å². The summed E-state index contributed by atoms with van der Waals surface area (Å²) in [6.07, 6.45) is 1.10. The first-order valence-electron chi connectivity index (χ1n) is 7.63. The number of pyridine rings is 1. The van der Waals surface area contributed by atoms with Crippen LogP contribution in [0.5, 0.6) is 5.88 Å². The fourth-order valence-electron chi connectivity index (χ4n) is 3.10. The van der Waals surface area contributed by atoms with Crippen molar-refractivity contribution in [3.05, 3.63) is 35.0 Å².